The zero-order valence-electron chi connectivity index (χ0n) is 16.3. The maximum atomic E-state index is 12.6. The van der Waals surface area contributed by atoms with Crippen molar-refractivity contribution in [2.45, 2.75) is 58.3 Å². The molecule has 0 spiro atoms. The van der Waals surface area contributed by atoms with E-state index in [1.807, 2.05) is 48.9 Å². The van der Waals surface area contributed by atoms with Gasteiger partial charge in [0.1, 0.15) is 5.82 Å². The summed E-state index contributed by atoms with van der Waals surface area (Å²) in [5, 5.41) is 11.8. The number of fused-ring (bicyclic) bond motifs is 1. The molecule has 146 valence electrons. The number of aryl methyl sites for hydroxylation is 2. The second-order valence-corrected chi connectivity index (χ2v) is 7.48. The molecule has 28 heavy (non-hydrogen) atoms. The van der Waals surface area contributed by atoms with Crippen LogP contribution in [-0.4, -0.2) is 25.8 Å². The van der Waals surface area contributed by atoms with Crippen LogP contribution in [0, 0.1) is 0 Å². The van der Waals surface area contributed by atoms with Crippen molar-refractivity contribution in [3.63, 3.8) is 0 Å². The smallest absolute Gasteiger partial charge is 0.226 e. The molecule has 1 aliphatic carbocycles. The maximum Gasteiger partial charge on any atom is 0.226 e. The lowest BCUT2D eigenvalue weighted by Crippen LogP contribution is -2.16. The van der Waals surface area contributed by atoms with Crippen molar-refractivity contribution >= 4 is 11.7 Å². The topological polar surface area (TPSA) is 85.8 Å². The molecule has 7 heteroatoms. The Hall–Kier alpha value is -2.96. The molecule has 2 heterocycles. The van der Waals surface area contributed by atoms with E-state index in [-0.39, 0.29) is 11.8 Å². The maximum absolute atomic E-state index is 12.6. The Morgan fingerprint density at radius 1 is 1.25 bits per heavy atom. The molecule has 3 aromatic rings. The Labute approximate surface area is 164 Å². The monoisotopic (exact) mass is 379 g/mol. The first-order valence-electron chi connectivity index (χ1n) is 9.90. The minimum atomic E-state index is -0.0182. The van der Waals surface area contributed by atoms with Gasteiger partial charge >= 0.3 is 0 Å². The highest BCUT2D eigenvalue weighted by molar-refractivity contribution is 5.91. The SMILES string of the molecule is CC(C)c1noc(CCCC(=O)Nc2c3c(nn2-c2ccccc2)CCC3)n1. The number of anilines is 1. The fraction of sp³-hybridized carbons (Fsp3) is 0.429. The Kier molecular flexibility index (Phi) is 5.23. The molecule has 1 aromatic carbocycles. The molecular formula is C21H25N5O2. The van der Waals surface area contributed by atoms with E-state index in [0.717, 1.165) is 42.0 Å². The van der Waals surface area contributed by atoms with Gasteiger partial charge in [-0.05, 0) is 37.8 Å². The summed E-state index contributed by atoms with van der Waals surface area (Å²) >= 11 is 0. The molecule has 0 unspecified atom stereocenters. The number of para-hydroxylation sites is 1. The first-order valence-corrected chi connectivity index (χ1v) is 9.90. The van der Waals surface area contributed by atoms with E-state index < -0.39 is 0 Å². The summed E-state index contributed by atoms with van der Waals surface area (Å²) in [7, 11) is 0. The van der Waals surface area contributed by atoms with Gasteiger partial charge in [0.25, 0.3) is 0 Å². The first-order chi connectivity index (χ1) is 13.6. The van der Waals surface area contributed by atoms with Crippen molar-refractivity contribution in [1.82, 2.24) is 19.9 Å². The highest BCUT2D eigenvalue weighted by atomic mass is 16.5. The predicted octanol–water partition coefficient (Wildman–Crippen LogP) is 3.83. The van der Waals surface area contributed by atoms with Gasteiger partial charge in [-0.1, -0.05) is 37.2 Å². The molecule has 0 bridgehead atoms. The number of aromatic nitrogens is 4. The Morgan fingerprint density at radius 3 is 2.82 bits per heavy atom. The quantitative estimate of drug-likeness (QED) is 0.674. The summed E-state index contributed by atoms with van der Waals surface area (Å²) in [5.74, 6) is 2.33. The molecule has 4 rings (SSSR count). The third-order valence-corrected chi connectivity index (χ3v) is 4.96. The number of hydrogen-bond acceptors (Lipinski definition) is 5. The Bertz CT molecular complexity index is 959. The van der Waals surface area contributed by atoms with Crippen LogP contribution in [0.2, 0.25) is 0 Å². The molecule has 1 N–H and O–H groups in total. The van der Waals surface area contributed by atoms with Crippen LogP contribution in [0.3, 0.4) is 0 Å². The normalized spacial score (nSPS) is 13.1. The molecule has 2 aromatic heterocycles. The summed E-state index contributed by atoms with van der Waals surface area (Å²) in [6, 6.07) is 9.92. The van der Waals surface area contributed by atoms with Crippen LogP contribution in [0.5, 0.6) is 0 Å². The number of amides is 1. The van der Waals surface area contributed by atoms with Crippen molar-refractivity contribution in [3.8, 4) is 5.69 Å². The average molecular weight is 379 g/mol. The molecule has 7 nitrogen and oxygen atoms in total. The second kappa shape index (κ2) is 7.96. The number of hydrogen-bond donors (Lipinski definition) is 1. The van der Waals surface area contributed by atoms with E-state index in [4.69, 9.17) is 9.62 Å². The minimum Gasteiger partial charge on any atom is -0.339 e. The molecule has 0 saturated heterocycles. The van der Waals surface area contributed by atoms with Gasteiger partial charge in [-0.25, -0.2) is 4.68 Å². The molecule has 0 saturated carbocycles. The Balaban J connectivity index is 1.41. The molecular weight excluding hydrogens is 354 g/mol. The van der Waals surface area contributed by atoms with Crippen molar-refractivity contribution in [1.29, 1.82) is 0 Å². The minimum absolute atomic E-state index is 0.0182. The van der Waals surface area contributed by atoms with Crippen molar-refractivity contribution in [2.24, 2.45) is 0 Å². The summed E-state index contributed by atoms with van der Waals surface area (Å²) in [6.45, 7) is 4.05. The van der Waals surface area contributed by atoms with E-state index >= 15 is 0 Å². The Morgan fingerprint density at radius 2 is 2.07 bits per heavy atom. The molecule has 0 fully saturated rings. The lowest BCUT2D eigenvalue weighted by Gasteiger charge is -2.11. The number of rotatable bonds is 7. The molecule has 0 atom stereocenters. The van der Waals surface area contributed by atoms with Crippen LogP contribution in [0.25, 0.3) is 5.69 Å². The van der Waals surface area contributed by atoms with Crippen molar-refractivity contribution in [3.05, 3.63) is 53.3 Å². The van der Waals surface area contributed by atoms with Gasteiger partial charge in [-0.3, -0.25) is 4.79 Å². The second-order valence-electron chi connectivity index (χ2n) is 7.48. The lowest BCUT2D eigenvalue weighted by molar-refractivity contribution is -0.116. The van der Waals surface area contributed by atoms with Crippen LogP contribution >= 0.6 is 0 Å². The number of carbonyl (C=O) groups excluding carboxylic acids is 1. The fourth-order valence-electron chi connectivity index (χ4n) is 3.48. The van der Waals surface area contributed by atoms with Gasteiger partial charge in [0.15, 0.2) is 5.82 Å². The summed E-state index contributed by atoms with van der Waals surface area (Å²) in [5.41, 5.74) is 3.21. The van der Waals surface area contributed by atoms with E-state index in [9.17, 15) is 4.79 Å². The van der Waals surface area contributed by atoms with Gasteiger partial charge in [0, 0.05) is 24.3 Å². The van der Waals surface area contributed by atoms with Gasteiger partial charge in [-0.2, -0.15) is 10.1 Å². The van der Waals surface area contributed by atoms with Crippen LogP contribution < -0.4 is 5.32 Å². The highest BCUT2D eigenvalue weighted by Gasteiger charge is 2.24. The van der Waals surface area contributed by atoms with E-state index in [2.05, 4.69) is 15.5 Å². The van der Waals surface area contributed by atoms with Crippen LogP contribution in [-0.2, 0) is 24.1 Å². The number of nitrogens with one attached hydrogen (secondary N) is 1. The number of carbonyl (C=O) groups is 1. The average Bonchev–Trinajstić information content (AvgIpc) is 3.40. The van der Waals surface area contributed by atoms with Gasteiger partial charge in [-0.15, -0.1) is 0 Å². The lowest BCUT2D eigenvalue weighted by atomic mass is 10.2. The zero-order valence-corrected chi connectivity index (χ0v) is 16.3. The number of benzene rings is 1. The summed E-state index contributed by atoms with van der Waals surface area (Å²) < 4.78 is 7.10. The largest absolute Gasteiger partial charge is 0.339 e. The van der Waals surface area contributed by atoms with Gasteiger partial charge < -0.3 is 9.84 Å². The highest BCUT2D eigenvalue weighted by Crippen LogP contribution is 2.31. The number of nitrogens with zero attached hydrogens (tertiary/aromatic N) is 4. The molecule has 0 radical (unpaired) electrons. The third-order valence-electron chi connectivity index (χ3n) is 4.96. The summed E-state index contributed by atoms with van der Waals surface area (Å²) in [4.78, 5) is 16.9. The summed E-state index contributed by atoms with van der Waals surface area (Å²) in [6.07, 6.45) is 4.67. The van der Waals surface area contributed by atoms with E-state index in [1.54, 1.807) is 0 Å². The first kappa shape index (κ1) is 18.4. The van der Waals surface area contributed by atoms with Gasteiger partial charge in [0.05, 0.1) is 11.4 Å². The molecule has 1 aliphatic rings. The standard InChI is InChI=1S/C21H25N5O2/c1-14(2)20-23-19(28-25-20)13-7-12-18(27)22-21-16-10-6-11-17(16)24-26(21)15-8-4-3-5-9-15/h3-5,8-9,14H,6-7,10-13H2,1-2H3,(H,22,27). The van der Waals surface area contributed by atoms with E-state index in [0.29, 0.717) is 31.0 Å². The van der Waals surface area contributed by atoms with Crippen molar-refractivity contribution in [2.75, 3.05) is 5.32 Å². The molecule has 1 amide bonds. The molecule has 0 aliphatic heterocycles. The fourth-order valence-corrected chi connectivity index (χ4v) is 3.48. The predicted molar refractivity (Wildman–Crippen MR) is 106 cm³/mol. The van der Waals surface area contributed by atoms with Crippen LogP contribution in [0.15, 0.2) is 34.9 Å². The van der Waals surface area contributed by atoms with Gasteiger partial charge in [0.2, 0.25) is 11.8 Å². The van der Waals surface area contributed by atoms with E-state index in [1.165, 1.54) is 0 Å². The van der Waals surface area contributed by atoms with Crippen LogP contribution in [0.4, 0.5) is 5.82 Å². The van der Waals surface area contributed by atoms with Crippen LogP contribution in [0.1, 0.15) is 62.0 Å². The third kappa shape index (κ3) is 3.83. The van der Waals surface area contributed by atoms with Crippen molar-refractivity contribution < 1.29 is 9.32 Å². The zero-order chi connectivity index (χ0) is 19.5.